The zero-order chi connectivity index (χ0) is 15.5. The molecule has 0 radical (unpaired) electrons. The number of rotatable bonds is 7. The Morgan fingerprint density at radius 1 is 1.24 bits per heavy atom. The summed E-state index contributed by atoms with van der Waals surface area (Å²) in [6, 6.07) is 9.26. The van der Waals surface area contributed by atoms with E-state index in [1.54, 1.807) is 0 Å². The van der Waals surface area contributed by atoms with E-state index in [2.05, 4.69) is 64.2 Å². The van der Waals surface area contributed by atoms with Crippen molar-refractivity contribution in [2.75, 3.05) is 6.54 Å². The van der Waals surface area contributed by atoms with Gasteiger partial charge in [-0.3, -0.25) is 0 Å². The molecule has 1 fully saturated rings. The monoisotopic (exact) mass is 289 g/mol. The summed E-state index contributed by atoms with van der Waals surface area (Å²) < 4.78 is 6.20. The molecule has 1 aliphatic carbocycles. The Morgan fingerprint density at radius 2 is 1.90 bits per heavy atom. The van der Waals surface area contributed by atoms with Crippen molar-refractivity contribution in [3.63, 3.8) is 0 Å². The maximum Gasteiger partial charge on any atom is 0.119 e. The average molecular weight is 289 g/mol. The van der Waals surface area contributed by atoms with Crippen LogP contribution in [0, 0.1) is 5.41 Å². The fourth-order valence-electron chi connectivity index (χ4n) is 3.03. The first kappa shape index (κ1) is 16.4. The number of hydrogen-bond donors (Lipinski definition) is 1. The van der Waals surface area contributed by atoms with Gasteiger partial charge in [-0.15, -0.1) is 0 Å². The van der Waals surface area contributed by atoms with Crippen LogP contribution in [-0.2, 0) is 0 Å². The second kappa shape index (κ2) is 6.83. The molecule has 3 atom stereocenters. The highest BCUT2D eigenvalue weighted by atomic mass is 16.5. The third-order valence-corrected chi connectivity index (χ3v) is 5.16. The van der Waals surface area contributed by atoms with Gasteiger partial charge in [-0.05, 0) is 43.0 Å². The lowest BCUT2D eigenvalue weighted by atomic mass is 9.64. The van der Waals surface area contributed by atoms with Crippen molar-refractivity contribution in [1.82, 2.24) is 5.32 Å². The van der Waals surface area contributed by atoms with Crippen LogP contribution in [0.2, 0.25) is 0 Å². The molecule has 21 heavy (non-hydrogen) atoms. The number of benzene rings is 1. The van der Waals surface area contributed by atoms with E-state index >= 15 is 0 Å². The highest BCUT2D eigenvalue weighted by Gasteiger charge is 2.49. The van der Waals surface area contributed by atoms with Gasteiger partial charge in [0.05, 0.1) is 0 Å². The van der Waals surface area contributed by atoms with Crippen LogP contribution in [0.5, 0.6) is 5.75 Å². The Kier molecular flexibility index (Phi) is 5.32. The molecule has 0 aromatic heterocycles. The minimum Gasteiger partial charge on any atom is -0.490 e. The minimum atomic E-state index is 0.213. The summed E-state index contributed by atoms with van der Waals surface area (Å²) in [6.45, 7) is 12.4. The lowest BCUT2D eigenvalue weighted by Crippen LogP contribution is -2.62. The maximum atomic E-state index is 6.20. The van der Waals surface area contributed by atoms with Crippen molar-refractivity contribution in [1.29, 1.82) is 0 Å². The number of hydrogen-bond acceptors (Lipinski definition) is 2. The van der Waals surface area contributed by atoms with Crippen molar-refractivity contribution in [3.05, 3.63) is 29.8 Å². The fraction of sp³-hybridized carbons (Fsp3) is 0.684. The summed E-state index contributed by atoms with van der Waals surface area (Å²) in [5.74, 6) is 1.64. The van der Waals surface area contributed by atoms with E-state index in [1.807, 2.05) is 0 Å². The standard InChI is InChI=1S/C19H31NO/c1-6-12-20-17-13-18(19(17,4)5)21-16-10-8-15(9-11-16)14(3)7-2/h8-11,14,17-18,20H,6-7,12-13H2,1-5H3. The molecule has 1 aliphatic rings. The van der Waals surface area contributed by atoms with Gasteiger partial charge in [0.1, 0.15) is 11.9 Å². The van der Waals surface area contributed by atoms with Crippen LogP contribution in [0.4, 0.5) is 0 Å². The molecule has 0 amide bonds. The van der Waals surface area contributed by atoms with E-state index in [0.29, 0.717) is 18.1 Å². The van der Waals surface area contributed by atoms with Gasteiger partial charge in [0, 0.05) is 17.9 Å². The molecule has 0 aliphatic heterocycles. The largest absolute Gasteiger partial charge is 0.490 e. The summed E-state index contributed by atoms with van der Waals surface area (Å²) in [6.07, 6.45) is 3.80. The molecule has 0 heterocycles. The summed E-state index contributed by atoms with van der Waals surface area (Å²) in [7, 11) is 0. The number of nitrogens with one attached hydrogen (secondary N) is 1. The van der Waals surface area contributed by atoms with Gasteiger partial charge in [-0.25, -0.2) is 0 Å². The van der Waals surface area contributed by atoms with Gasteiger partial charge in [0.2, 0.25) is 0 Å². The normalized spacial score (nSPS) is 25.2. The molecule has 1 aromatic carbocycles. The van der Waals surface area contributed by atoms with Crippen molar-refractivity contribution >= 4 is 0 Å². The van der Waals surface area contributed by atoms with E-state index < -0.39 is 0 Å². The SMILES string of the molecule is CCCNC1CC(Oc2ccc(C(C)CC)cc2)C1(C)C. The van der Waals surface area contributed by atoms with Crippen LogP contribution in [0.3, 0.4) is 0 Å². The first-order chi connectivity index (χ1) is 9.98. The second-order valence-electron chi connectivity index (χ2n) is 7.05. The summed E-state index contributed by atoms with van der Waals surface area (Å²) >= 11 is 0. The zero-order valence-corrected chi connectivity index (χ0v) is 14.3. The van der Waals surface area contributed by atoms with E-state index in [9.17, 15) is 0 Å². The van der Waals surface area contributed by atoms with E-state index in [1.165, 1.54) is 18.4 Å². The van der Waals surface area contributed by atoms with Crippen LogP contribution in [0.15, 0.2) is 24.3 Å². The van der Waals surface area contributed by atoms with Gasteiger partial charge in [-0.1, -0.05) is 46.8 Å². The Hall–Kier alpha value is -1.02. The van der Waals surface area contributed by atoms with Crippen molar-refractivity contribution in [2.24, 2.45) is 5.41 Å². The van der Waals surface area contributed by atoms with Crippen LogP contribution >= 0.6 is 0 Å². The molecule has 3 unspecified atom stereocenters. The van der Waals surface area contributed by atoms with E-state index in [4.69, 9.17) is 4.74 Å². The lowest BCUT2D eigenvalue weighted by Gasteiger charge is -2.51. The van der Waals surface area contributed by atoms with Gasteiger partial charge >= 0.3 is 0 Å². The first-order valence-corrected chi connectivity index (χ1v) is 8.49. The summed E-state index contributed by atoms with van der Waals surface area (Å²) in [4.78, 5) is 0. The fourth-order valence-corrected chi connectivity index (χ4v) is 3.03. The zero-order valence-electron chi connectivity index (χ0n) is 14.3. The van der Waals surface area contributed by atoms with Crippen LogP contribution in [0.1, 0.15) is 65.4 Å². The van der Waals surface area contributed by atoms with Crippen LogP contribution in [0.25, 0.3) is 0 Å². The van der Waals surface area contributed by atoms with Gasteiger partial charge < -0.3 is 10.1 Å². The minimum absolute atomic E-state index is 0.213. The maximum absolute atomic E-state index is 6.20. The molecular weight excluding hydrogens is 258 g/mol. The number of ether oxygens (including phenoxy) is 1. The molecule has 118 valence electrons. The predicted molar refractivity (Wildman–Crippen MR) is 90.0 cm³/mol. The van der Waals surface area contributed by atoms with Gasteiger partial charge in [-0.2, -0.15) is 0 Å². The third kappa shape index (κ3) is 3.60. The molecular formula is C19H31NO. The molecule has 1 saturated carbocycles. The summed E-state index contributed by atoms with van der Waals surface area (Å²) in [5, 5.41) is 3.63. The molecule has 0 saturated heterocycles. The highest BCUT2D eigenvalue weighted by molar-refractivity contribution is 5.30. The van der Waals surface area contributed by atoms with Gasteiger partial charge in [0.25, 0.3) is 0 Å². The molecule has 1 aromatic rings. The quantitative estimate of drug-likeness (QED) is 0.782. The topological polar surface area (TPSA) is 21.3 Å². The van der Waals surface area contributed by atoms with E-state index in [-0.39, 0.29) is 5.41 Å². The predicted octanol–water partition coefficient (Wildman–Crippen LogP) is 4.75. The molecule has 2 heteroatoms. The van der Waals surface area contributed by atoms with Crippen LogP contribution < -0.4 is 10.1 Å². The lowest BCUT2D eigenvalue weighted by molar-refractivity contribution is -0.0546. The van der Waals surface area contributed by atoms with Gasteiger partial charge in [0.15, 0.2) is 0 Å². The Bertz CT molecular complexity index is 437. The highest BCUT2D eigenvalue weighted by Crippen LogP contribution is 2.43. The molecule has 2 nitrogen and oxygen atoms in total. The Morgan fingerprint density at radius 3 is 2.43 bits per heavy atom. The van der Waals surface area contributed by atoms with E-state index in [0.717, 1.165) is 18.7 Å². The Labute approximate surface area is 130 Å². The molecule has 2 rings (SSSR count). The second-order valence-corrected chi connectivity index (χ2v) is 7.05. The smallest absolute Gasteiger partial charge is 0.119 e. The molecule has 0 spiro atoms. The molecule has 1 N–H and O–H groups in total. The third-order valence-electron chi connectivity index (χ3n) is 5.16. The van der Waals surface area contributed by atoms with Crippen molar-refractivity contribution in [3.8, 4) is 5.75 Å². The molecule has 0 bridgehead atoms. The average Bonchev–Trinajstić information content (AvgIpc) is 2.50. The van der Waals surface area contributed by atoms with Crippen molar-refractivity contribution < 1.29 is 4.74 Å². The summed E-state index contributed by atoms with van der Waals surface area (Å²) in [5.41, 5.74) is 1.62. The van der Waals surface area contributed by atoms with Crippen molar-refractivity contribution in [2.45, 2.75) is 71.9 Å². The first-order valence-electron chi connectivity index (χ1n) is 8.49. The Balaban J connectivity index is 1.91. The van der Waals surface area contributed by atoms with Crippen LogP contribution in [-0.4, -0.2) is 18.7 Å².